The lowest BCUT2D eigenvalue weighted by molar-refractivity contribution is -0.103. The topological polar surface area (TPSA) is 17.1 Å². The zero-order valence-electron chi connectivity index (χ0n) is 8.79. The first-order valence-corrected chi connectivity index (χ1v) is 8.10. The van der Waals surface area contributed by atoms with E-state index < -0.39 is 8.07 Å². The quantitative estimate of drug-likeness (QED) is 0.385. The van der Waals surface area contributed by atoms with E-state index in [-0.39, 0.29) is 0 Å². The first kappa shape index (κ1) is 10.7. The van der Waals surface area contributed by atoms with E-state index in [0.29, 0.717) is 6.29 Å². The largest absolute Gasteiger partial charge is 0.289 e. The van der Waals surface area contributed by atoms with Crippen LogP contribution in [0.15, 0.2) is 24.3 Å². The SMILES string of the molecule is C[Si](C)(C)c1cccc(C#CC=O)c1. The Morgan fingerprint density at radius 3 is 2.57 bits per heavy atom. The second kappa shape index (κ2) is 4.25. The van der Waals surface area contributed by atoms with Gasteiger partial charge >= 0.3 is 0 Å². The van der Waals surface area contributed by atoms with Gasteiger partial charge in [-0.05, 0) is 18.1 Å². The van der Waals surface area contributed by atoms with Crippen LogP contribution in [0.2, 0.25) is 19.6 Å². The second-order valence-electron chi connectivity index (χ2n) is 4.22. The third-order valence-electron chi connectivity index (χ3n) is 2.00. The Labute approximate surface area is 86.2 Å². The molecule has 0 amide bonds. The number of carbonyl (C=O) groups excluding carboxylic acids is 1. The van der Waals surface area contributed by atoms with Gasteiger partial charge < -0.3 is 0 Å². The maximum Gasteiger partial charge on any atom is 0.193 e. The summed E-state index contributed by atoms with van der Waals surface area (Å²) in [4.78, 5) is 10.1. The van der Waals surface area contributed by atoms with Crippen LogP contribution in [0.25, 0.3) is 0 Å². The Morgan fingerprint density at radius 1 is 1.29 bits per heavy atom. The smallest absolute Gasteiger partial charge is 0.193 e. The molecule has 0 radical (unpaired) electrons. The summed E-state index contributed by atoms with van der Waals surface area (Å²) in [5.41, 5.74) is 0.928. The molecule has 1 aromatic carbocycles. The van der Waals surface area contributed by atoms with Gasteiger partial charge in [0.2, 0.25) is 0 Å². The minimum atomic E-state index is -1.26. The molecule has 1 rings (SSSR count). The number of carbonyl (C=O) groups is 1. The highest BCUT2D eigenvalue weighted by molar-refractivity contribution is 6.88. The molecule has 0 aliphatic rings. The third-order valence-corrected chi connectivity index (χ3v) is 4.05. The molecule has 72 valence electrons. The summed E-state index contributed by atoms with van der Waals surface area (Å²) in [6, 6.07) is 8.16. The molecule has 0 aromatic heterocycles. The molecule has 0 aliphatic carbocycles. The van der Waals surface area contributed by atoms with Crippen molar-refractivity contribution in [2.24, 2.45) is 0 Å². The van der Waals surface area contributed by atoms with Crippen LogP contribution in [0.3, 0.4) is 0 Å². The summed E-state index contributed by atoms with van der Waals surface area (Å²) in [5, 5.41) is 1.37. The van der Waals surface area contributed by atoms with Crippen LogP contribution < -0.4 is 5.19 Å². The van der Waals surface area contributed by atoms with E-state index in [1.807, 2.05) is 12.1 Å². The van der Waals surface area contributed by atoms with Crippen molar-refractivity contribution in [2.75, 3.05) is 0 Å². The first-order valence-electron chi connectivity index (χ1n) is 4.60. The molecule has 2 heteroatoms. The van der Waals surface area contributed by atoms with Gasteiger partial charge in [-0.2, -0.15) is 0 Å². The van der Waals surface area contributed by atoms with E-state index in [0.717, 1.165) is 5.56 Å². The predicted molar refractivity (Wildman–Crippen MR) is 62.4 cm³/mol. The summed E-state index contributed by atoms with van der Waals surface area (Å²) in [6.45, 7) is 6.87. The van der Waals surface area contributed by atoms with Crippen LogP contribution >= 0.6 is 0 Å². The lowest BCUT2D eigenvalue weighted by Crippen LogP contribution is -2.37. The highest BCUT2D eigenvalue weighted by atomic mass is 28.3. The molecule has 1 aromatic rings. The minimum Gasteiger partial charge on any atom is -0.289 e. The van der Waals surface area contributed by atoms with Crippen LogP contribution in [0.5, 0.6) is 0 Å². The van der Waals surface area contributed by atoms with E-state index >= 15 is 0 Å². The van der Waals surface area contributed by atoms with Crippen molar-refractivity contribution in [3.05, 3.63) is 29.8 Å². The molecule has 0 N–H and O–H groups in total. The Morgan fingerprint density at radius 2 is 2.00 bits per heavy atom. The summed E-state index contributed by atoms with van der Waals surface area (Å²) >= 11 is 0. The molecule has 0 atom stereocenters. The monoisotopic (exact) mass is 202 g/mol. The minimum absolute atomic E-state index is 0.626. The fourth-order valence-electron chi connectivity index (χ4n) is 1.18. The van der Waals surface area contributed by atoms with Crippen LogP contribution in [-0.2, 0) is 4.79 Å². The van der Waals surface area contributed by atoms with Gasteiger partial charge in [-0.25, -0.2) is 0 Å². The van der Waals surface area contributed by atoms with E-state index in [4.69, 9.17) is 0 Å². The lowest BCUT2D eigenvalue weighted by atomic mass is 10.2. The van der Waals surface area contributed by atoms with Crippen molar-refractivity contribution in [3.63, 3.8) is 0 Å². The number of hydrogen-bond donors (Lipinski definition) is 0. The van der Waals surface area contributed by atoms with Gasteiger partial charge in [-0.3, -0.25) is 4.79 Å². The van der Waals surface area contributed by atoms with Gasteiger partial charge in [-0.1, -0.05) is 42.9 Å². The van der Waals surface area contributed by atoms with Crippen LogP contribution in [-0.4, -0.2) is 14.4 Å². The molecule has 0 fully saturated rings. The van der Waals surface area contributed by atoms with E-state index in [9.17, 15) is 4.79 Å². The summed E-state index contributed by atoms with van der Waals surface area (Å²) < 4.78 is 0. The Kier molecular flexibility index (Phi) is 3.26. The Hall–Kier alpha value is -1.33. The first-order chi connectivity index (χ1) is 6.54. The van der Waals surface area contributed by atoms with Crippen LogP contribution in [0.4, 0.5) is 0 Å². The molecule has 0 saturated heterocycles. The highest BCUT2D eigenvalue weighted by Gasteiger charge is 2.15. The molecule has 0 bridgehead atoms. The normalized spacial score (nSPS) is 10.2. The van der Waals surface area contributed by atoms with Gasteiger partial charge in [0.15, 0.2) is 6.29 Å². The van der Waals surface area contributed by atoms with Crippen molar-refractivity contribution >= 4 is 19.5 Å². The molecule has 0 unspecified atom stereocenters. The van der Waals surface area contributed by atoms with Crippen molar-refractivity contribution in [2.45, 2.75) is 19.6 Å². The fourth-order valence-corrected chi connectivity index (χ4v) is 2.36. The van der Waals surface area contributed by atoms with Crippen molar-refractivity contribution in [1.82, 2.24) is 0 Å². The molecule has 0 heterocycles. The highest BCUT2D eigenvalue weighted by Crippen LogP contribution is 2.04. The van der Waals surface area contributed by atoms with Gasteiger partial charge in [0, 0.05) is 5.56 Å². The number of rotatable bonds is 1. The fraction of sp³-hybridized carbons (Fsp3) is 0.250. The summed E-state index contributed by atoms with van der Waals surface area (Å²) in [7, 11) is -1.26. The molecule has 1 nitrogen and oxygen atoms in total. The zero-order chi connectivity index (χ0) is 10.6. The molecule has 0 spiro atoms. The number of hydrogen-bond acceptors (Lipinski definition) is 1. The Bertz CT molecular complexity index is 391. The summed E-state index contributed by atoms with van der Waals surface area (Å²) in [6.07, 6.45) is 0.626. The van der Waals surface area contributed by atoms with Gasteiger partial charge in [0.1, 0.15) is 0 Å². The van der Waals surface area contributed by atoms with Crippen molar-refractivity contribution < 1.29 is 4.79 Å². The maximum atomic E-state index is 10.1. The molecule has 14 heavy (non-hydrogen) atoms. The predicted octanol–water partition coefficient (Wildman–Crippen LogP) is 1.78. The maximum absolute atomic E-state index is 10.1. The van der Waals surface area contributed by atoms with Crippen LogP contribution in [0, 0.1) is 11.8 Å². The van der Waals surface area contributed by atoms with E-state index in [2.05, 4.69) is 43.6 Å². The number of benzene rings is 1. The van der Waals surface area contributed by atoms with Crippen molar-refractivity contribution in [3.8, 4) is 11.8 Å². The van der Waals surface area contributed by atoms with Gasteiger partial charge in [0.25, 0.3) is 0 Å². The standard InChI is InChI=1S/C12H14OSi/c1-14(2,3)12-8-4-6-11(10-12)7-5-9-13/h4,6,8-10H,1-3H3. The van der Waals surface area contributed by atoms with E-state index in [1.54, 1.807) is 0 Å². The van der Waals surface area contributed by atoms with E-state index in [1.165, 1.54) is 5.19 Å². The molecule has 0 saturated carbocycles. The average molecular weight is 202 g/mol. The third kappa shape index (κ3) is 2.86. The molecular weight excluding hydrogens is 188 g/mol. The van der Waals surface area contributed by atoms with Crippen LogP contribution in [0.1, 0.15) is 5.56 Å². The molecule has 0 aliphatic heterocycles. The van der Waals surface area contributed by atoms with Gasteiger partial charge in [-0.15, -0.1) is 0 Å². The zero-order valence-corrected chi connectivity index (χ0v) is 9.79. The Balaban J connectivity index is 3.07. The molecular formula is C12H14OSi. The summed E-state index contributed by atoms with van der Waals surface area (Å²) in [5.74, 6) is 5.24. The average Bonchev–Trinajstić information content (AvgIpc) is 2.14. The van der Waals surface area contributed by atoms with Crippen molar-refractivity contribution in [1.29, 1.82) is 0 Å². The van der Waals surface area contributed by atoms with Gasteiger partial charge in [0.05, 0.1) is 8.07 Å². The lowest BCUT2D eigenvalue weighted by Gasteiger charge is -2.16. The number of aldehydes is 1. The second-order valence-corrected chi connectivity index (χ2v) is 9.30.